The van der Waals surface area contributed by atoms with Crippen molar-refractivity contribution in [1.82, 2.24) is 5.32 Å². The minimum absolute atomic E-state index is 0.0395. The van der Waals surface area contributed by atoms with Crippen LogP contribution < -0.4 is 10.1 Å². The zero-order chi connectivity index (χ0) is 12.3. The summed E-state index contributed by atoms with van der Waals surface area (Å²) in [6.45, 7) is 2.29. The van der Waals surface area contributed by atoms with Crippen LogP contribution in [0.1, 0.15) is 24.8 Å². The Labute approximate surface area is 101 Å². The average Bonchev–Trinajstić information content (AvgIpc) is 2.37. The maximum absolute atomic E-state index is 12.1. The van der Waals surface area contributed by atoms with Crippen molar-refractivity contribution in [3.8, 4) is 5.75 Å². The Kier molecular flexibility index (Phi) is 3.64. The van der Waals surface area contributed by atoms with E-state index in [0.29, 0.717) is 13.0 Å². The third kappa shape index (κ3) is 2.58. The first kappa shape index (κ1) is 11.9. The van der Waals surface area contributed by atoms with E-state index in [9.17, 15) is 4.79 Å². The largest absolute Gasteiger partial charge is 0.493 e. The van der Waals surface area contributed by atoms with Gasteiger partial charge in [-0.15, -0.1) is 0 Å². The number of aliphatic hydroxyl groups is 1. The first-order valence-electron chi connectivity index (χ1n) is 5.85. The quantitative estimate of drug-likeness (QED) is 0.823. The van der Waals surface area contributed by atoms with E-state index >= 15 is 0 Å². The Morgan fingerprint density at radius 1 is 1.59 bits per heavy atom. The summed E-state index contributed by atoms with van der Waals surface area (Å²) < 4.78 is 5.51. The number of nitrogens with one attached hydrogen (secondary N) is 1. The number of para-hydroxylation sites is 1. The Balaban J connectivity index is 2.15. The Morgan fingerprint density at radius 3 is 3.12 bits per heavy atom. The molecule has 0 saturated heterocycles. The monoisotopic (exact) mass is 235 g/mol. The van der Waals surface area contributed by atoms with Gasteiger partial charge < -0.3 is 15.2 Å². The number of amides is 1. The number of fused-ring (bicyclic) bond motifs is 1. The summed E-state index contributed by atoms with van der Waals surface area (Å²) in [5, 5.41) is 11.7. The molecule has 2 unspecified atom stereocenters. The summed E-state index contributed by atoms with van der Waals surface area (Å²) in [7, 11) is 0. The van der Waals surface area contributed by atoms with Gasteiger partial charge in [0.25, 0.3) is 0 Å². The van der Waals surface area contributed by atoms with Gasteiger partial charge >= 0.3 is 0 Å². The van der Waals surface area contributed by atoms with E-state index in [1.807, 2.05) is 24.3 Å². The van der Waals surface area contributed by atoms with Gasteiger partial charge in [-0.05, 0) is 19.4 Å². The molecule has 1 heterocycles. The summed E-state index contributed by atoms with van der Waals surface area (Å²) in [5.41, 5.74) is 0.932. The number of hydrogen-bond acceptors (Lipinski definition) is 3. The molecule has 0 aliphatic carbocycles. The molecule has 0 aromatic heterocycles. The van der Waals surface area contributed by atoms with Crippen molar-refractivity contribution in [1.29, 1.82) is 0 Å². The third-order valence-electron chi connectivity index (χ3n) is 2.94. The summed E-state index contributed by atoms with van der Waals surface area (Å²) in [6, 6.07) is 7.39. The van der Waals surface area contributed by atoms with E-state index in [0.717, 1.165) is 11.3 Å². The lowest BCUT2D eigenvalue weighted by Crippen LogP contribution is -2.39. The minimum Gasteiger partial charge on any atom is -0.493 e. The topological polar surface area (TPSA) is 58.6 Å². The molecule has 0 saturated carbocycles. The van der Waals surface area contributed by atoms with E-state index < -0.39 is 0 Å². The standard InChI is InChI=1S/C13H17NO3/c1-9(8-15)14-13(16)11-6-7-17-12-5-3-2-4-10(11)12/h2-5,9,11,15H,6-8H2,1H3,(H,14,16). The summed E-state index contributed by atoms with van der Waals surface area (Å²) in [5.74, 6) is 0.576. The predicted molar refractivity (Wildman–Crippen MR) is 64.0 cm³/mol. The zero-order valence-electron chi connectivity index (χ0n) is 9.85. The fourth-order valence-corrected chi connectivity index (χ4v) is 2.00. The Hall–Kier alpha value is -1.55. The van der Waals surface area contributed by atoms with Crippen molar-refractivity contribution in [3.63, 3.8) is 0 Å². The second kappa shape index (κ2) is 5.19. The lowest BCUT2D eigenvalue weighted by atomic mass is 9.92. The molecule has 17 heavy (non-hydrogen) atoms. The number of aliphatic hydroxyl groups excluding tert-OH is 1. The molecule has 1 amide bonds. The highest BCUT2D eigenvalue weighted by molar-refractivity contribution is 5.85. The molecule has 4 nitrogen and oxygen atoms in total. The molecular weight excluding hydrogens is 218 g/mol. The van der Waals surface area contributed by atoms with Crippen LogP contribution in [-0.2, 0) is 4.79 Å². The highest BCUT2D eigenvalue weighted by atomic mass is 16.5. The molecule has 0 bridgehead atoms. The van der Waals surface area contributed by atoms with E-state index in [1.165, 1.54) is 0 Å². The van der Waals surface area contributed by atoms with Crippen LogP contribution in [-0.4, -0.2) is 30.3 Å². The fourth-order valence-electron chi connectivity index (χ4n) is 2.00. The molecule has 4 heteroatoms. The molecule has 0 spiro atoms. The first-order chi connectivity index (χ1) is 8.22. The third-order valence-corrected chi connectivity index (χ3v) is 2.94. The summed E-state index contributed by atoms with van der Waals surface area (Å²) >= 11 is 0. The highest BCUT2D eigenvalue weighted by Gasteiger charge is 2.27. The van der Waals surface area contributed by atoms with Crippen LogP contribution in [0.5, 0.6) is 5.75 Å². The zero-order valence-corrected chi connectivity index (χ0v) is 9.85. The summed E-state index contributed by atoms with van der Waals surface area (Å²) in [6.07, 6.45) is 0.682. The van der Waals surface area contributed by atoms with Gasteiger partial charge in [0, 0.05) is 11.6 Å². The van der Waals surface area contributed by atoms with E-state index in [2.05, 4.69) is 5.32 Å². The molecule has 2 N–H and O–H groups in total. The Morgan fingerprint density at radius 2 is 2.35 bits per heavy atom. The lowest BCUT2D eigenvalue weighted by molar-refractivity contribution is -0.124. The minimum atomic E-state index is -0.211. The van der Waals surface area contributed by atoms with E-state index in [1.54, 1.807) is 6.92 Å². The normalized spacial score (nSPS) is 20.0. The molecule has 2 atom stereocenters. The molecule has 1 aromatic carbocycles. The van der Waals surface area contributed by atoms with Crippen molar-refractivity contribution in [3.05, 3.63) is 29.8 Å². The predicted octanol–water partition coefficient (Wildman–Crippen LogP) is 1.05. The molecule has 2 rings (SSSR count). The van der Waals surface area contributed by atoms with Gasteiger partial charge in [-0.1, -0.05) is 18.2 Å². The van der Waals surface area contributed by atoms with Crippen molar-refractivity contribution in [2.24, 2.45) is 0 Å². The number of benzene rings is 1. The van der Waals surface area contributed by atoms with E-state index in [4.69, 9.17) is 9.84 Å². The Bertz CT molecular complexity index is 405. The molecule has 1 aliphatic heterocycles. The maximum atomic E-state index is 12.1. The molecule has 1 aromatic rings. The molecule has 1 aliphatic rings. The van der Waals surface area contributed by atoms with Gasteiger partial charge in [0.2, 0.25) is 5.91 Å². The average molecular weight is 235 g/mol. The molecule has 92 valence electrons. The number of rotatable bonds is 3. The van der Waals surface area contributed by atoms with Gasteiger partial charge in [0.05, 0.1) is 19.1 Å². The van der Waals surface area contributed by atoms with Crippen LogP contribution in [0.4, 0.5) is 0 Å². The highest BCUT2D eigenvalue weighted by Crippen LogP contribution is 2.33. The molecular formula is C13H17NO3. The number of carbonyl (C=O) groups is 1. The van der Waals surface area contributed by atoms with Crippen LogP contribution in [0.25, 0.3) is 0 Å². The van der Waals surface area contributed by atoms with Crippen molar-refractivity contribution < 1.29 is 14.6 Å². The van der Waals surface area contributed by atoms with E-state index in [-0.39, 0.29) is 24.5 Å². The SMILES string of the molecule is CC(CO)NC(=O)C1CCOc2ccccc21. The maximum Gasteiger partial charge on any atom is 0.228 e. The number of ether oxygens (including phenoxy) is 1. The lowest BCUT2D eigenvalue weighted by Gasteiger charge is -2.26. The van der Waals surface area contributed by atoms with Gasteiger partial charge in [-0.25, -0.2) is 0 Å². The number of hydrogen-bond donors (Lipinski definition) is 2. The second-order valence-electron chi connectivity index (χ2n) is 4.32. The summed E-state index contributed by atoms with van der Waals surface area (Å²) in [4.78, 5) is 12.1. The first-order valence-corrected chi connectivity index (χ1v) is 5.85. The van der Waals surface area contributed by atoms with Crippen LogP contribution in [0.15, 0.2) is 24.3 Å². The number of carbonyl (C=O) groups excluding carboxylic acids is 1. The van der Waals surface area contributed by atoms with Gasteiger partial charge in [0.1, 0.15) is 5.75 Å². The fraction of sp³-hybridized carbons (Fsp3) is 0.462. The van der Waals surface area contributed by atoms with Crippen LogP contribution in [0.3, 0.4) is 0 Å². The molecule has 0 radical (unpaired) electrons. The smallest absolute Gasteiger partial charge is 0.228 e. The second-order valence-corrected chi connectivity index (χ2v) is 4.32. The van der Waals surface area contributed by atoms with Gasteiger partial charge in [0.15, 0.2) is 0 Å². The van der Waals surface area contributed by atoms with Crippen LogP contribution >= 0.6 is 0 Å². The van der Waals surface area contributed by atoms with Gasteiger partial charge in [-0.2, -0.15) is 0 Å². The van der Waals surface area contributed by atoms with Crippen LogP contribution in [0.2, 0.25) is 0 Å². The van der Waals surface area contributed by atoms with Crippen molar-refractivity contribution in [2.75, 3.05) is 13.2 Å². The van der Waals surface area contributed by atoms with Crippen LogP contribution in [0, 0.1) is 0 Å². The van der Waals surface area contributed by atoms with Gasteiger partial charge in [-0.3, -0.25) is 4.79 Å². The molecule has 0 fully saturated rings. The van der Waals surface area contributed by atoms with Crippen molar-refractivity contribution in [2.45, 2.75) is 25.3 Å². The van der Waals surface area contributed by atoms with Crippen molar-refractivity contribution >= 4 is 5.91 Å².